The van der Waals surface area contributed by atoms with Crippen molar-refractivity contribution in [3.63, 3.8) is 0 Å². The summed E-state index contributed by atoms with van der Waals surface area (Å²) in [5.41, 5.74) is 2.46. The van der Waals surface area contributed by atoms with Crippen LogP contribution in [-0.2, 0) is 6.42 Å². The van der Waals surface area contributed by atoms with Crippen molar-refractivity contribution in [1.29, 1.82) is 0 Å². The lowest BCUT2D eigenvalue weighted by Crippen LogP contribution is -2.15. The van der Waals surface area contributed by atoms with Crippen molar-refractivity contribution in [3.05, 3.63) is 69.8 Å². The van der Waals surface area contributed by atoms with E-state index >= 15 is 0 Å². The highest BCUT2D eigenvalue weighted by atomic mass is 16.6. The molecule has 0 aliphatic rings. The number of nitro groups is 1. The van der Waals surface area contributed by atoms with Gasteiger partial charge in [0.05, 0.1) is 17.1 Å². The van der Waals surface area contributed by atoms with Gasteiger partial charge < -0.3 is 4.74 Å². The van der Waals surface area contributed by atoms with Gasteiger partial charge in [0.15, 0.2) is 0 Å². The lowest BCUT2D eigenvalue weighted by Gasteiger charge is -2.14. The normalized spacial score (nSPS) is 11.9. The van der Waals surface area contributed by atoms with Gasteiger partial charge in [0.2, 0.25) is 0 Å². The molecule has 0 radical (unpaired) electrons. The van der Waals surface area contributed by atoms with Gasteiger partial charge in [-0.25, -0.2) is 0 Å². The van der Waals surface area contributed by atoms with Crippen molar-refractivity contribution in [3.8, 4) is 5.75 Å². The molecule has 1 unspecified atom stereocenters. The third kappa shape index (κ3) is 3.82. The average molecular weight is 271 g/mol. The van der Waals surface area contributed by atoms with E-state index in [1.807, 2.05) is 13.8 Å². The highest BCUT2D eigenvalue weighted by molar-refractivity contribution is 5.38. The summed E-state index contributed by atoms with van der Waals surface area (Å²) in [6.07, 6.45) is 0.725. The highest BCUT2D eigenvalue weighted by Gasteiger charge is 2.09. The molecule has 4 heteroatoms. The van der Waals surface area contributed by atoms with Crippen LogP contribution in [0.15, 0.2) is 48.5 Å². The molecule has 0 amide bonds. The number of ether oxygens (including phenoxy) is 1. The maximum Gasteiger partial charge on any atom is 0.273 e. The molecular formula is C16H17NO3. The molecule has 104 valence electrons. The first kappa shape index (κ1) is 14.1. The molecule has 0 N–H and O–H groups in total. The molecule has 0 heterocycles. The zero-order valence-electron chi connectivity index (χ0n) is 11.6. The zero-order chi connectivity index (χ0) is 14.5. The van der Waals surface area contributed by atoms with Gasteiger partial charge in [-0.15, -0.1) is 0 Å². The molecule has 0 fully saturated rings. The summed E-state index contributed by atoms with van der Waals surface area (Å²) in [5.74, 6) is 0.527. The Labute approximate surface area is 118 Å². The van der Waals surface area contributed by atoms with Crippen molar-refractivity contribution in [2.75, 3.05) is 0 Å². The van der Waals surface area contributed by atoms with Gasteiger partial charge in [-0.05, 0) is 25.5 Å². The molecule has 0 aromatic heterocycles. The molecule has 2 aromatic rings. The smallest absolute Gasteiger partial charge is 0.273 e. The number of hydrogen-bond donors (Lipinski definition) is 0. The van der Waals surface area contributed by atoms with Gasteiger partial charge >= 0.3 is 0 Å². The molecule has 20 heavy (non-hydrogen) atoms. The van der Waals surface area contributed by atoms with Gasteiger partial charge in [0.25, 0.3) is 5.69 Å². The Bertz CT molecular complexity index is 593. The average Bonchev–Trinajstić information content (AvgIpc) is 2.41. The summed E-state index contributed by atoms with van der Waals surface area (Å²) in [6, 6.07) is 14.5. The zero-order valence-corrected chi connectivity index (χ0v) is 11.6. The van der Waals surface area contributed by atoms with Crippen LogP contribution in [0.2, 0.25) is 0 Å². The summed E-state index contributed by atoms with van der Waals surface area (Å²) in [4.78, 5) is 10.3. The van der Waals surface area contributed by atoms with Crippen LogP contribution in [0.25, 0.3) is 0 Å². The third-order valence-corrected chi connectivity index (χ3v) is 3.01. The molecule has 0 saturated heterocycles. The molecule has 4 nitrogen and oxygen atoms in total. The Hall–Kier alpha value is -2.36. The standard InChI is InChI=1S/C16H17NO3/c1-12-6-8-14(9-7-12)10-13(2)20-16-5-3-4-15(11-16)17(18)19/h3-9,11,13H,10H2,1-2H3. The second-order valence-electron chi connectivity index (χ2n) is 4.87. The minimum absolute atomic E-state index is 0.0419. The van der Waals surface area contributed by atoms with E-state index in [2.05, 4.69) is 24.3 Å². The van der Waals surface area contributed by atoms with E-state index in [-0.39, 0.29) is 11.8 Å². The summed E-state index contributed by atoms with van der Waals surface area (Å²) >= 11 is 0. The lowest BCUT2D eigenvalue weighted by atomic mass is 10.1. The second-order valence-corrected chi connectivity index (χ2v) is 4.87. The Morgan fingerprint density at radius 1 is 1.20 bits per heavy atom. The van der Waals surface area contributed by atoms with E-state index < -0.39 is 4.92 Å². The molecule has 0 bridgehead atoms. The number of rotatable bonds is 5. The number of non-ortho nitro benzene ring substituents is 1. The Morgan fingerprint density at radius 3 is 2.55 bits per heavy atom. The quantitative estimate of drug-likeness (QED) is 0.612. The van der Waals surface area contributed by atoms with Gasteiger partial charge in [-0.3, -0.25) is 10.1 Å². The minimum atomic E-state index is -0.419. The van der Waals surface area contributed by atoms with Crippen LogP contribution in [0.1, 0.15) is 18.1 Å². The lowest BCUT2D eigenvalue weighted by molar-refractivity contribution is -0.384. The topological polar surface area (TPSA) is 52.4 Å². The molecule has 0 aliphatic carbocycles. The third-order valence-electron chi connectivity index (χ3n) is 3.01. The van der Waals surface area contributed by atoms with E-state index in [0.29, 0.717) is 5.75 Å². The second kappa shape index (κ2) is 6.19. The van der Waals surface area contributed by atoms with Gasteiger partial charge in [0.1, 0.15) is 5.75 Å². The maximum absolute atomic E-state index is 10.7. The van der Waals surface area contributed by atoms with Crippen LogP contribution in [0.4, 0.5) is 5.69 Å². The Kier molecular flexibility index (Phi) is 4.35. The summed E-state index contributed by atoms with van der Waals surface area (Å²) in [5, 5.41) is 10.7. The molecule has 1 atom stereocenters. The van der Waals surface area contributed by atoms with Crippen LogP contribution in [0.3, 0.4) is 0 Å². The number of nitro benzene ring substituents is 1. The largest absolute Gasteiger partial charge is 0.490 e. The molecule has 0 saturated carbocycles. The first-order valence-electron chi connectivity index (χ1n) is 6.51. The Morgan fingerprint density at radius 2 is 1.90 bits per heavy atom. The van der Waals surface area contributed by atoms with Crippen molar-refractivity contribution < 1.29 is 9.66 Å². The fourth-order valence-electron chi connectivity index (χ4n) is 2.00. The van der Waals surface area contributed by atoms with Crippen molar-refractivity contribution in [2.45, 2.75) is 26.4 Å². The van der Waals surface area contributed by atoms with Crippen molar-refractivity contribution >= 4 is 5.69 Å². The Balaban J connectivity index is 2.00. The minimum Gasteiger partial charge on any atom is -0.490 e. The maximum atomic E-state index is 10.7. The summed E-state index contributed by atoms with van der Waals surface area (Å²) in [6.45, 7) is 4.01. The van der Waals surface area contributed by atoms with Crippen molar-refractivity contribution in [2.24, 2.45) is 0 Å². The first-order chi connectivity index (χ1) is 9.54. The molecular weight excluding hydrogens is 254 g/mol. The van der Waals surface area contributed by atoms with E-state index in [0.717, 1.165) is 6.42 Å². The molecule has 2 aromatic carbocycles. The van der Waals surface area contributed by atoms with E-state index in [9.17, 15) is 10.1 Å². The molecule has 0 spiro atoms. The number of aryl methyl sites for hydroxylation is 1. The van der Waals surface area contributed by atoms with Gasteiger partial charge in [0, 0.05) is 12.5 Å². The van der Waals surface area contributed by atoms with E-state index in [1.54, 1.807) is 12.1 Å². The number of hydrogen-bond acceptors (Lipinski definition) is 3. The summed E-state index contributed by atoms with van der Waals surface area (Å²) in [7, 11) is 0. The van der Waals surface area contributed by atoms with Gasteiger partial charge in [-0.2, -0.15) is 0 Å². The first-order valence-corrected chi connectivity index (χ1v) is 6.51. The van der Waals surface area contributed by atoms with E-state index in [4.69, 9.17) is 4.74 Å². The highest BCUT2D eigenvalue weighted by Crippen LogP contribution is 2.21. The molecule has 0 aliphatic heterocycles. The van der Waals surface area contributed by atoms with Crippen LogP contribution in [-0.4, -0.2) is 11.0 Å². The number of nitrogens with zero attached hydrogens (tertiary/aromatic N) is 1. The fraction of sp³-hybridized carbons (Fsp3) is 0.250. The SMILES string of the molecule is Cc1ccc(CC(C)Oc2cccc([N+](=O)[O-])c2)cc1. The monoisotopic (exact) mass is 271 g/mol. The van der Waals surface area contributed by atoms with Crippen LogP contribution in [0, 0.1) is 17.0 Å². The molecule has 2 rings (SSSR count). The predicted octanol–water partition coefficient (Wildman–Crippen LogP) is 3.91. The van der Waals surface area contributed by atoms with E-state index in [1.165, 1.54) is 23.3 Å². The van der Waals surface area contributed by atoms with Crippen LogP contribution in [0.5, 0.6) is 5.75 Å². The van der Waals surface area contributed by atoms with Crippen LogP contribution >= 0.6 is 0 Å². The number of benzene rings is 2. The summed E-state index contributed by atoms with van der Waals surface area (Å²) < 4.78 is 5.73. The predicted molar refractivity (Wildman–Crippen MR) is 78.1 cm³/mol. The fourth-order valence-corrected chi connectivity index (χ4v) is 2.00. The van der Waals surface area contributed by atoms with Gasteiger partial charge in [-0.1, -0.05) is 35.9 Å². The van der Waals surface area contributed by atoms with Crippen LogP contribution < -0.4 is 4.74 Å². The van der Waals surface area contributed by atoms with Crippen molar-refractivity contribution in [1.82, 2.24) is 0 Å².